The Bertz CT molecular complexity index is 723. The maximum atomic E-state index is 12.5. The van der Waals surface area contributed by atoms with Crippen LogP contribution in [-0.2, 0) is 0 Å². The zero-order valence-electron chi connectivity index (χ0n) is 13.1. The van der Waals surface area contributed by atoms with Crippen molar-refractivity contribution in [2.75, 3.05) is 13.1 Å². The molecule has 3 heterocycles. The first-order valence-corrected chi connectivity index (χ1v) is 8.05. The Morgan fingerprint density at radius 2 is 2.22 bits per heavy atom. The molecule has 2 fully saturated rings. The third kappa shape index (κ3) is 3.06. The molecule has 0 bridgehead atoms. The van der Waals surface area contributed by atoms with Gasteiger partial charge in [0, 0.05) is 36.7 Å². The van der Waals surface area contributed by atoms with Gasteiger partial charge in [-0.05, 0) is 25.8 Å². The molecule has 4 rings (SSSR count). The molecule has 0 aromatic carbocycles. The van der Waals surface area contributed by atoms with Crippen molar-refractivity contribution >= 4 is 5.91 Å². The highest BCUT2D eigenvalue weighted by Gasteiger charge is 2.32. The van der Waals surface area contributed by atoms with Gasteiger partial charge in [0.15, 0.2) is 5.69 Å². The molecule has 1 saturated heterocycles. The Morgan fingerprint density at radius 3 is 3.00 bits per heavy atom. The Hall–Kier alpha value is -2.37. The molecule has 0 radical (unpaired) electrons. The number of carbonyl (C=O) groups is 1. The number of rotatable bonds is 4. The standard InChI is InChI=1S/C17H19N3O3/c1-11-3-2-4-16(18-11)22-13-7-8-20(10-13)17(21)14-9-15(23-19-14)12-5-6-12/h2-4,9,12-13H,5-8,10H2,1H3. The maximum absolute atomic E-state index is 12.5. The second kappa shape index (κ2) is 5.68. The van der Waals surface area contributed by atoms with Gasteiger partial charge in [0.2, 0.25) is 5.88 Å². The lowest BCUT2D eigenvalue weighted by Crippen LogP contribution is -2.31. The second-order valence-electron chi connectivity index (χ2n) is 6.29. The van der Waals surface area contributed by atoms with Crippen LogP contribution in [-0.4, -0.2) is 40.1 Å². The van der Waals surface area contributed by atoms with Gasteiger partial charge in [0.1, 0.15) is 11.9 Å². The predicted octanol–water partition coefficient (Wildman–Crippen LogP) is 2.55. The average Bonchev–Trinajstić information content (AvgIpc) is 3.09. The first kappa shape index (κ1) is 14.2. The number of carbonyl (C=O) groups excluding carboxylic acids is 1. The molecule has 1 atom stereocenters. The van der Waals surface area contributed by atoms with Crippen LogP contribution in [0, 0.1) is 6.92 Å². The zero-order valence-corrected chi connectivity index (χ0v) is 13.1. The molecule has 1 aliphatic carbocycles. The van der Waals surface area contributed by atoms with E-state index in [4.69, 9.17) is 9.26 Å². The van der Waals surface area contributed by atoms with Crippen LogP contribution in [0.4, 0.5) is 0 Å². The van der Waals surface area contributed by atoms with Gasteiger partial charge in [-0.2, -0.15) is 0 Å². The smallest absolute Gasteiger partial charge is 0.276 e. The van der Waals surface area contributed by atoms with E-state index < -0.39 is 0 Å². The molecule has 0 N–H and O–H groups in total. The molecule has 23 heavy (non-hydrogen) atoms. The minimum Gasteiger partial charge on any atom is -0.472 e. The highest BCUT2D eigenvalue weighted by atomic mass is 16.5. The molecule has 2 aromatic heterocycles. The molecule has 120 valence electrons. The van der Waals surface area contributed by atoms with E-state index in [1.165, 1.54) is 0 Å². The maximum Gasteiger partial charge on any atom is 0.276 e. The van der Waals surface area contributed by atoms with Crippen molar-refractivity contribution < 1.29 is 14.1 Å². The molecular formula is C17H19N3O3. The number of aryl methyl sites for hydroxylation is 1. The molecule has 6 nitrogen and oxygen atoms in total. The van der Waals surface area contributed by atoms with Gasteiger partial charge in [0.25, 0.3) is 5.91 Å². The highest BCUT2D eigenvalue weighted by molar-refractivity contribution is 5.92. The van der Waals surface area contributed by atoms with Crippen LogP contribution in [0.25, 0.3) is 0 Å². The van der Waals surface area contributed by atoms with E-state index in [2.05, 4.69) is 10.1 Å². The predicted molar refractivity (Wildman–Crippen MR) is 82.4 cm³/mol. The molecular weight excluding hydrogens is 294 g/mol. The number of hydrogen-bond acceptors (Lipinski definition) is 5. The lowest BCUT2D eigenvalue weighted by Gasteiger charge is -2.15. The Labute approximate surface area is 134 Å². The fourth-order valence-electron chi connectivity index (χ4n) is 2.88. The lowest BCUT2D eigenvalue weighted by molar-refractivity contribution is 0.0761. The summed E-state index contributed by atoms with van der Waals surface area (Å²) in [6, 6.07) is 7.48. The largest absolute Gasteiger partial charge is 0.472 e. The number of aromatic nitrogens is 2. The summed E-state index contributed by atoms with van der Waals surface area (Å²) in [7, 11) is 0. The molecule has 2 aromatic rings. The summed E-state index contributed by atoms with van der Waals surface area (Å²) in [6.07, 6.45) is 3.04. The highest BCUT2D eigenvalue weighted by Crippen LogP contribution is 2.40. The number of amides is 1. The summed E-state index contributed by atoms with van der Waals surface area (Å²) < 4.78 is 11.1. The fourth-order valence-corrected chi connectivity index (χ4v) is 2.88. The Kier molecular flexibility index (Phi) is 3.52. The summed E-state index contributed by atoms with van der Waals surface area (Å²) in [6.45, 7) is 3.15. The molecule has 1 unspecified atom stereocenters. The first-order chi connectivity index (χ1) is 11.2. The van der Waals surface area contributed by atoms with Gasteiger partial charge in [-0.1, -0.05) is 11.2 Å². The Balaban J connectivity index is 1.38. The van der Waals surface area contributed by atoms with E-state index in [0.717, 1.165) is 30.7 Å². The van der Waals surface area contributed by atoms with Crippen molar-refractivity contribution in [2.24, 2.45) is 0 Å². The van der Waals surface area contributed by atoms with Crippen LogP contribution < -0.4 is 4.74 Å². The van der Waals surface area contributed by atoms with E-state index in [-0.39, 0.29) is 12.0 Å². The van der Waals surface area contributed by atoms with Crippen molar-refractivity contribution in [1.82, 2.24) is 15.0 Å². The van der Waals surface area contributed by atoms with Crippen LogP contribution in [0.3, 0.4) is 0 Å². The lowest BCUT2D eigenvalue weighted by atomic mass is 10.2. The third-order valence-electron chi connectivity index (χ3n) is 4.31. The van der Waals surface area contributed by atoms with Crippen molar-refractivity contribution in [3.05, 3.63) is 41.4 Å². The quantitative estimate of drug-likeness (QED) is 0.867. The van der Waals surface area contributed by atoms with Crippen molar-refractivity contribution in [3.63, 3.8) is 0 Å². The van der Waals surface area contributed by atoms with Gasteiger partial charge >= 0.3 is 0 Å². The first-order valence-electron chi connectivity index (χ1n) is 8.05. The molecule has 6 heteroatoms. The normalized spacial score (nSPS) is 20.7. The molecule has 1 aliphatic heterocycles. The van der Waals surface area contributed by atoms with Crippen molar-refractivity contribution in [3.8, 4) is 5.88 Å². The van der Waals surface area contributed by atoms with Gasteiger partial charge in [-0.3, -0.25) is 4.79 Å². The van der Waals surface area contributed by atoms with Crippen molar-refractivity contribution in [1.29, 1.82) is 0 Å². The number of nitrogens with zero attached hydrogens (tertiary/aromatic N) is 3. The van der Waals surface area contributed by atoms with E-state index in [1.54, 1.807) is 11.0 Å². The monoisotopic (exact) mass is 313 g/mol. The summed E-state index contributed by atoms with van der Waals surface area (Å²) in [4.78, 5) is 18.6. The van der Waals surface area contributed by atoms with Gasteiger partial charge in [-0.15, -0.1) is 0 Å². The number of hydrogen-bond donors (Lipinski definition) is 0. The minimum atomic E-state index is -0.0797. The van der Waals surface area contributed by atoms with Crippen LogP contribution in [0.1, 0.15) is 47.1 Å². The van der Waals surface area contributed by atoms with Gasteiger partial charge in [0.05, 0.1) is 6.54 Å². The summed E-state index contributed by atoms with van der Waals surface area (Å²) in [5.41, 5.74) is 1.32. The van der Waals surface area contributed by atoms with Crippen LogP contribution in [0.2, 0.25) is 0 Å². The zero-order chi connectivity index (χ0) is 15.8. The number of likely N-dealkylation sites (tertiary alicyclic amines) is 1. The van der Waals surface area contributed by atoms with Crippen molar-refractivity contribution in [2.45, 2.75) is 38.2 Å². The number of ether oxygens (including phenoxy) is 1. The van der Waals surface area contributed by atoms with E-state index in [1.807, 2.05) is 25.1 Å². The Morgan fingerprint density at radius 1 is 1.35 bits per heavy atom. The summed E-state index contributed by atoms with van der Waals surface area (Å²) in [5, 5.41) is 3.92. The molecule has 1 saturated carbocycles. The molecule has 2 aliphatic rings. The van der Waals surface area contributed by atoms with E-state index in [9.17, 15) is 4.79 Å². The van der Waals surface area contributed by atoms with Gasteiger partial charge < -0.3 is 14.2 Å². The minimum absolute atomic E-state index is 0.0250. The van der Waals surface area contributed by atoms with Crippen LogP contribution in [0.15, 0.2) is 28.8 Å². The summed E-state index contributed by atoms with van der Waals surface area (Å²) >= 11 is 0. The number of pyridine rings is 1. The summed E-state index contributed by atoms with van der Waals surface area (Å²) in [5.74, 6) is 1.83. The second-order valence-corrected chi connectivity index (χ2v) is 6.29. The van der Waals surface area contributed by atoms with Gasteiger partial charge in [-0.25, -0.2) is 4.98 Å². The SMILES string of the molecule is Cc1cccc(OC2CCN(C(=O)c3cc(C4CC4)on3)C2)n1. The molecule has 0 spiro atoms. The van der Waals surface area contributed by atoms with E-state index >= 15 is 0 Å². The molecule has 1 amide bonds. The topological polar surface area (TPSA) is 68.5 Å². The fraction of sp³-hybridized carbons (Fsp3) is 0.471. The van der Waals surface area contributed by atoms with Crippen LogP contribution in [0.5, 0.6) is 5.88 Å². The third-order valence-corrected chi connectivity index (χ3v) is 4.31. The van der Waals surface area contributed by atoms with Crippen LogP contribution >= 0.6 is 0 Å². The van der Waals surface area contributed by atoms with E-state index in [0.29, 0.717) is 30.6 Å². The average molecular weight is 313 g/mol.